The fourth-order valence-electron chi connectivity index (χ4n) is 2.60. The Hall–Kier alpha value is -0.0800. The van der Waals surface area contributed by atoms with E-state index in [0.29, 0.717) is 0 Å². The van der Waals surface area contributed by atoms with Gasteiger partial charge in [0, 0.05) is 0 Å². The Kier molecular flexibility index (Phi) is 12.9. The van der Waals surface area contributed by atoms with E-state index in [1.165, 1.54) is 64.2 Å². The summed E-state index contributed by atoms with van der Waals surface area (Å²) in [5.41, 5.74) is 0. The van der Waals surface area contributed by atoms with Gasteiger partial charge in [0.25, 0.3) is 0 Å². The first-order valence-corrected chi connectivity index (χ1v) is 8.75. The number of nitrogens with zero attached hydrogens (tertiary/aromatic N) is 1. The summed E-state index contributed by atoms with van der Waals surface area (Å²) in [5, 5.41) is 12.0. The molecule has 0 amide bonds. The van der Waals surface area contributed by atoms with Gasteiger partial charge in [-0.2, -0.15) is 0 Å². The van der Waals surface area contributed by atoms with E-state index in [9.17, 15) is 5.21 Å². The molecule has 0 fully saturated rings. The Labute approximate surface area is 121 Å². The van der Waals surface area contributed by atoms with Gasteiger partial charge in [-0.05, 0) is 26.7 Å². The highest BCUT2D eigenvalue weighted by Crippen LogP contribution is 2.12. The second kappa shape index (κ2) is 12.9. The fourth-order valence-corrected chi connectivity index (χ4v) is 2.60. The lowest BCUT2D eigenvalue weighted by Crippen LogP contribution is -2.42. The molecule has 0 atom stereocenters. The van der Waals surface area contributed by atoms with E-state index >= 15 is 0 Å². The molecule has 0 aromatic rings. The highest BCUT2D eigenvalue weighted by atomic mass is 16.5. The first kappa shape index (κ1) is 18.9. The lowest BCUT2D eigenvalue weighted by Gasteiger charge is -2.41. The van der Waals surface area contributed by atoms with Crippen LogP contribution in [0, 0.1) is 5.21 Å². The van der Waals surface area contributed by atoms with E-state index in [1.54, 1.807) is 0 Å². The maximum Gasteiger partial charge on any atom is 0.0783 e. The fraction of sp³-hybridized carbons (Fsp3) is 1.00. The van der Waals surface area contributed by atoms with Crippen molar-refractivity contribution in [3.63, 3.8) is 0 Å². The highest BCUT2D eigenvalue weighted by Gasteiger charge is 2.09. The molecule has 2 heteroatoms. The molecule has 0 rings (SSSR count). The lowest BCUT2D eigenvalue weighted by molar-refractivity contribution is -0.877. The smallest absolute Gasteiger partial charge is 0.0783 e. The van der Waals surface area contributed by atoms with Gasteiger partial charge in [0.1, 0.15) is 0 Å². The second-order valence-corrected chi connectivity index (χ2v) is 5.95. The summed E-state index contributed by atoms with van der Waals surface area (Å²) in [6.45, 7) is 8.57. The molecule has 0 heterocycles. The minimum atomic E-state index is 0.0113. The molecule has 0 bridgehead atoms. The number of quaternary nitrogens is 1. The van der Waals surface area contributed by atoms with E-state index < -0.39 is 0 Å². The van der Waals surface area contributed by atoms with Crippen LogP contribution in [0.5, 0.6) is 0 Å². The zero-order chi connectivity index (χ0) is 14.4. The molecule has 0 spiro atoms. The molecule has 0 saturated carbocycles. The summed E-state index contributed by atoms with van der Waals surface area (Å²) in [5.74, 6) is 0. The molecule has 0 radical (unpaired) electrons. The molecule has 2 nitrogen and oxygen atoms in total. The van der Waals surface area contributed by atoms with Gasteiger partial charge in [0.05, 0.1) is 19.6 Å². The Balaban J connectivity index is 3.19. The largest absolute Gasteiger partial charge is 0.633 e. The maximum absolute atomic E-state index is 12.0. The van der Waals surface area contributed by atoms with Crippen LogP contribution in [0.4, 0.5) is 0 Å². The molecule has 0 aromatic carbocycles. The molecule has 0 saturated heterocycles. The molecule has 116 valence electrons. The molecular weight excluding hydrogens is 234 g/mol. The molecule has 0 aromatic heterocycles. The lowest BCUT2D eigenvalue weighted by atomic mass is 10.1. The standard InChI is InChI=1S/C17H37NO/c1-4-7-8-9-10-11-12-13-14-15-16-17-18(19,5-2)6-3/h4-17H2,1-3H3. The summed E-state index contributed by atoms with van der Waals surface area (Å²) in [6, 6.07) is 0. The van der Waals surface area contributed by atoms with Crippen LogP contribution in [-0.4, -0.2) is 24.3 Å². The van der Waals surface area contributed by atoms with Gasteiger partial charge >= 0.3 is 0 Å². The minimum absolute atomic E-state index is 0.0113. The molecular formula is C17H37NO. The van der Waals surface area contributed by atoms with Gasteiger partial charge in [-0.1, -0.05) is 64.7 Å². The Morgan fingerprint density at radius 2 is 0.947 bits per heavy atom. The predicted molar refractivity (Wildman–Crippen MR) is 86.0 cm³/mol. The summed E-state index contributed by atoms with van der Waals surface area (Å²) < 4.78 is 0.0113. The van der Waals surface area contributed by atoms with Crippen molar-refractivity contribution in [3.05, 3.63) is 5.21 Å². The van der Waals surface area contributed by atoms with Crippen molar-refractivity contribution in [2.75, 3.05) is 19.6 Å². The highest BCUT2D eigenvalue weighted by molar-refractivity contribution is 4.49. The normalized spacial score (nSPS) is 12.0. The van der Waals surface area contributed by atoms with Crippen LogP contribution in [-0.2, 0) is 0 Å². The van der Waals surface area contributed by atoms with E-state index in [-0.39, 0.29) is 4.65 Å². The molecule has 0 aliphatic rings. The van der Waals surface area contributed by atoms with Crippen molar-refractivity contribution in [3.8, 4) is 0 Å². The number of hydrogen-bond donors (Lipinski definition) is 0. The van der Waals surface area contributed by atoms with Crippen molar-refractivity contribution in [2.45, 2.75) is 91.4 Å². The third-order valence-electron chi connectivity index (χ3n) is 4.32. The van der Waals surface area contributed by atoms with E-state index in [2.05, 4.69) is 6.92 Å². The van der Waals surface area contributed by atoms with Gasteiger partial charge < -0.3 is 9.85 Å². The zero-order valence-corrected chi connectivity index (χ0v) is 13.8. The van der Waals surface area contributed by atoms with Crippen LogP contribution in [0.3, 0.4) is 0 Å². The summed E-state index contributed by atoms with van der Waals surface area (Å²) in [6.07, 6.45) is 14.9. The molecule has 0 aliphatic carbocycles. The molecule has 19 heavy (non-hydrogen) atoms. The van der Waals surface area contributed by atoms with Crippen LogP contribution in [0.25, 0.3) is 0 Å². The number of hydroxylamine groups is 3. The SMILES string of the molecule is CCCCCCCCCCCCC[N+]([O-])(CC)CC. The van der Waals surface area contributed by atoms with E-state index in [0.717, 1.165) is 26.1 Å². The van der Waals surface area contributed by atoms with Crippen LogP contribution in [0.2, 0.25) is 0 Å². The van der Waals surface area contributed by atoms with E-state index in [4.69, 9.17) is 0 Å². The maximum atomic E-state index is 12.0. The Morgan fingerprint density at radius 3 is 1.32 bits per heavy atom. The zero-order valence-electron chi connectivity index (χ0n) is 13.8. The number of rotatable bonds is 14. The Bertz CT molecular complexity index is 178. The first-order valence-electron chi connectivity index (χ1n) is 8.75. The quantitative estimate of drug-likeness (QED) is 0.227. The van der Waals surface area contributed by atoms with E-state index in [1.807, 2.05) is 13.8 Å². The first-order chi connectivity index (χ1) is 9.18. The molecule has 0 N–H and O–H groups in total. The molecule has 0 unspecified atom stereocenters. The van der Waals surface area contributed by atoms with Gasteiger partial charge in [-0.25, -0.2) is 0 Å². The number of hydrogen-bond acceptors (Lipinski definition) is 1. The van der Waals surface area contributed by atoms with Crippen molar-refractivity contribution in [1.82, 2.24) is 0 Å². The third kappa shape index (κ3) is 11.4. The van der Waals surface area contributed by atoms with Gasteiger partial charge in [-0.15, -0.1) is 0 Å². The number of unbranched alkanes of at least 4 members (excludes halogenated alkanes) is 10. The minimum Gasteiger partial charge on any atom is -0.633 e. The van der Waals surface area contributed by atoms with Crippen molar-refractivity contribution in [2.24, 2.45) is 0 Å². The topological polar surface area (TPSA) is 23.1 Å². The average Bonchev–Trinajstić information content (AvgIpc) is 2.44. The monoisotopic (exact) mass is 271 g/mol. The van der Waals surface area contributed by atoms with Crippen molar-refractivity contribution < 1.29 is 4.65 Å². The summed E-state index contributed by atoms with van der Waals surface area (Å²) >= 11 is 0. The second-order valence-electron chi connectivity index (χ2n) is 5.95. The average molecular weight is 271 g/mol. The van der Waals surface area contributed by atoms with Crippen LogP contribution < -0.4 is 0 Å². The Morgan fingerprint density at radius 1 is 0.579 bits per heavy atom. The van der Waals surface area contributed by atoms with Crippen LogP contribution in [0.1, 0.15) is 91.4 Å². The van der Waals surface area contributed by atoms with Crippen molar-refractivity contribution in [1.29, 1.82) is 0 Å². The van der Waals surface area contributed by atoms with Gasteiger partial charge in [0.15, 0.2) is 0 Å². The van der Waals surface area contributed by atoms with Crippen LogP contribution in [0.15, 0.2) is 0 Å². The third-order valence-corrected chi connectivity index (χ3v) is 4.32. The van der Waals surface area contributed by atoms with Crippen LogP contribution >= 0.6 is 0 Å². The summed E-state index contributed by atoms with van der Waals surface area (Å²) in [4.78, 5) is 0. The predicted octanol–water partition coefficient (Wildman–Crippen LogP) is 5.65. The van der Waals surface area contributed by atoms with Gasteiger partial charge in [0.2, 0.25) is 0 Å². The molecule has 0 aliphatic heterocycles. The van der Waals surface area contributed by atoms with Gasteiger partial charge in [-0.3, -0.25) is 0 Å². The summed E-state index contributed by atoms with van der Waals surface area (Å²) in [7, 11) is 0. The van der Waals surface area contributed by atoms with Crippen molar-refractivity contribution >= 4 is 0 Å².